The average Bonchev–Trinajstić information content (AvgIpc) is 2.16. The smallest absolute Gasteiger partial charge is 0.120 e. The number of rotatable bonds is 2. The molecule has 88 valence electrons. The lowest BCUT2D eigenvalue weighted by Crippen LogP contribution is -2.23. The fourth-order valence-electron chi connectivity index (χ4n) is 1.63. The molecule has 2 rings (SSSR count). The first kappa shape index (κ1) is 12.2. The summed E-state index contributed by atoms with van der Waals surface area (Å²) in [5, 5.41) is 1.40. The monoisotopic (exact) mass is 254 g/mol. The molecule has 1 aliphatic heterocycles. The summed E-state index contributed by atoms with van der Waals surface area (Å²) in [6.45, 7) is 8.50. The van der Waals surface area contributed by atoms with Gasteiger partial charge in [-0.1, -0.05) is 40.6 Å². The van der Waals surface area contributed by atoms with E-state index < -0.39 is 0 Å². The Morgan fingerprint density at radius 2 is 1.69 bits per heavy atom. The van der Waals surface area contributed by atoms with Crippen molar-refractivity contribution in [3.05, 3.63) is 29.8 Å². The van der Waals surface area contributed by atoms with Gasteiger partial charge in [0, 0.05) is 5.25 Å². The first-order valence-electron chi connectivity index (χ1n) is 5.57. The standard InChI is InChI=1S/C13H18OS2/c1-9-12(16-15-9)10-5-7-11(8-6-10)14-13(2,3)4/h5-9,12H,1-4H3/t9?,12-/m1/s1. The maximum absolute atomic E-state index is 5.80. The summed E-state index contributed by atoms with van der Waals surface area (Å²) in [6, 6.07) is 8.54. The molecule has 16 heavy (non-hydrogen) atoms. The van der Waals surface area contributed by atoms with E-state index in [-0.39, 0.29) is 5.60 Å². The molecule has 1 fully saturated rings. The first-order valence-corrected chi connectivity index (χ1v) is 7.84. The zero-order valence-corrected chi connectivity index (χ0v) is 11.8. The summed E-state index contributed by atoms with van der Waals surface area (Å²) >= 11 is 0. The van der Waals surface area contributed by atoms with Crippen molar-refractivity contribution in [2.75, 3.05) is 0 Å². The molecule has 0 aliphatic carbocycles. The molecule has 1 unspecified atom stereocenters. The van der Waals surface area contributed by atoms with Gasteiger partial charge in [-0.2, -0.15) is 0 Å². The summed E-state index contributed by atoms with van der Waals surface area (Å²) in [5.74, 6) is 0.959. The molecule has 1 aromatic carbocycles. The largest absolute Gasteiger partial charge is 0.488 e. The minimum absolute atomic E-state index is 0.115. The molecule has 0 N–H and O–H groups in total. The Balaban J connectivity index is 2.05. The third-order valence-electron chi connectivity index (χ3n) is 2.37. The first-order chi connectivity index (χ1) is 7.46. The Morgan fingerprint density at radius 3 is 2.06 bits per heavy atom. The van der Waals surface area contributed by atoms with Gasteiger partial charge in [0.05, 0.1) is 5.25 Å². The number of benzene rings is 1. The Morgan fingerprint density at radius 1 is 1.06 bits per heavy atom. The molecule has 1 aromatic rings. The van der Waals surface area contributed by atoms with Gasteiger partial charge in [-0.15, -0.1) is 0 Å². The second kappa shape index (κ2) is 4.53. The number of hydrogen-bond donors (Lipinski definition) is 0. The molecule has 0 saturated carbocycles. The molecule has 3 heteroatoms. The van der Waals surface area contributed by atoms with Crippen LogP contribution >= 0.6 is 21.6 Å². The van der Waals surface area contributed by atoms with E-state index in [9.17, 15) is 0 Å². The van der Waals surface area contributed by atoms with Crippen molar-refractivity contribution in [2.45, 2.75) is 43.8 Å². The van der Waals surface area contributed by atoms with E-state index in [1.165, 1.54) is 5.56 Å². The number of hydrogen-bond acceptors (Lipinski definition) is 3. The minimum Gasteiger partial charge on any atom is -0.488 e. The van der Waals surface area contributed by atoms with E-state index in [0.717, 1.165) is 11.0 Å². The van der Waals surface area contributed by atoms with Crippen LogP contribution in [-0.4, -0.2) is 10.9 Å². The Labute approximate surface area is 106 Å². The predicted molar refractivity (Wildman–Crippen MR) is 74.2 cm³/mol. The highest BCUT2D eigenvalue weighted by Crippen LogP contribution is 2.57. The van der Waals surface area contributed by atoms with E-state index >= 15 is 0 Å². The van der Waals surface area contributed by atoms with Gasteiger partial charge in [-0.25, -0.2) is 0 Å². The molecule has 1 aliphatic rings. The van der Waals surface area contributed by atoms with E-state index in [1.54, 1.807) is 0 Å². The van der Waals surface area contributed by atoms with E-state index in [4.69, 9.17) is 4.74 Å². The van der Waals surface area contributed by atoms with Crippen molar-refractivity contribution in [3.63, 3.8) is 0 Å². The highest BCUT2D eigenvalue weighted by molar-refractivity contribution is 8.79. The highest BCUT2D eigenvalue weighted by atomic mass is 33.1. The van der Waals surface area contributed by atoms with Gasteiger partial charge in [-0.3, -0.25) is 0 Å². The van der Waals surface area contributed by atoms with Gasteiger partial charge in [-0.05, 0) is 38.5 Å². The Hall–Kier alpha value is -0.280. The third kappa shape index (κ3) is 2.89. The van der Waals surface area contributed by atoms with Crippen molar-refractivity contribution in [3.8, 4) is 5.75 Å². The molecular weight excluding hydrogens is 236 g/mol. The molecule has 0 spiro atoms. The Bertz CT molecular complexity index is 353. The van der Waals surface area contributed by atoms with Gasteiger partial charge in [0.15, 0.2) is 0 Å². The third-order valence-corrected chi connectivity index (χ3v) is 5.98. The van der Waals surface area contributed by atoms with Crippen LogP contribution in [0.3, 0.4) is 0 Å². The maximum atomic E-state index is 5.80. The van der Waals surface area contributed by atoms with Crippen LogP contribution in [-0.2, 0) is 0 Å². The Kier molecular flexibility index (Phi) is 3.45. The average molecular weight is 254 g/mol. The van der Waals surface area contributed by atoms with Crippen LogP contribution in [0.25, 0.3) is 0 Å². The summed E-state index contributed by atoms with van der Waals surface area (Å²) in [7, 11) is 3.92. The lowest BCUT2D eigenvalue weighted by atomic mass is 10.1. The molecule has 0 radical (unpaired) electrons. The van der Waals surface area contributed by atoms with E-state index in [1.807, 2.05) is 21.6 Å². The second-order valence-corrected chi connectivity index (χ2v) is 7.89. The summed E-state index contributed by atoms with van der Waals surface area (Å²) < 4.78 is 5.80. The lowest BCUT2D eigenvalue weighted by Gasteiger charge is -2.32. The topological polar surface area (TPSA) is 9.23 Å². The molecule has 0 amide bonds. The van der Waals surface area contributed by atoms with Crippen molar-refractivity contribution >= 4 is 21.6 Å². The predicted octanol–water partition coefficient (Wildman–Crippen LogP) is 4.69. The van der Waals surface area contributed by atoms with Gasteiger partial charge in [0.25, 0.3) is 0 Å². The molecule has 2 atom stereocenters. The van der Waals surface area contributed by atoms with E-state index in [2.05, 4.69) is 52.0 Å². The molecule has 1 nitrogen and oxygen atoms in total. The molecule has 1 heterocycles. The normalized spacial score (nSPS) is 25.0. The molecular formula is C13H18OS2. The maximum Gasteiger partial charge on any atom is 0.120 e. The van der Waals surface area contributed by atoms with Gasteiger partial charge in [0.1, 0.15) is 11.4 Å². The SMILES string of the molecule is CC1SS[C@H]1c1ccc(OC(C)(C)C)cc1. The highest BCUT2D eigenvalue weighted by Gasteiger charge is 2.30. The van der Waals surface area contributed by atoms with Crippen molar-refractivity contribution in [1.29, 1.82) is 0 Å². The van der Waals surface area contributed by atoms with Crippen molar-refractivity contribution in [1.82, 2.24) is 0 Å². The fourth-order valence-corrected chi connectivity index (χ4v) is 4.16. The quantitative estimate of drug-likeness (QED) is 0.709. The molecule has 0 aromatic heterocycles. The molecule has 1 saturated heterocycles. The zero-order valence-electron chi connectivity index (χ0n) is 10.2. The fraction of sp³-hybridized carbons (Fsp3) is 0.538. The van der Waals surface area contributed by atoms with Crippen LogP contribution in [0, 0.1) is 0 Å². The zero-order chi connectivity index (χ0) is 11.8. The second-order valence-electron chi connectivity index (χ2n) is 5.10. The van der Waals surface area contributed by atoms with E-state index in [0.29, 0.717) is 5.25 Å². The summed E-state index contributed by atoms with van der Waals surface area (Å²) in [6.07, 6.45) is 0. The van der Waals surface area contributed by atoms with Crippen LogP contribution in [0.4, 0.5) is 0 Å². The summed E-state index contributed by atoms with van der Waals surface area (Å²) in [4.78, 5) is 0. The van der Waals surface area contributed by atoms with Crippen LogP contribution in [0.15, 0.2) is 24.3 Å². The van der Waals surface area contributed by atoms with Crippen LogP contribution < -0.4 is 4.74 Å². The van der Waals surface area contributed by atoms with Gasteiger partial charge < -0.3 is 4.74 Å². The van der Waals surface area contributed by atoms with Crippen molar-refractivity contribution in [2.24, 2.45) is 0 Å². The molecule has 0 bridgehead atoms. The van der Waals surface area contributed by atoms with Gasteiger partial charge in [0.2, 0.25) is 0 Å². The number of ether oxygens (including phenoxy) is 1. The lowest BCUT2D eigenvalue weighted by molar-refractivity contribution is 0.131. The minimum atomic E-state index is -0.115. The van der Waals surface area contributed by atoms with Crippen molar-refractivity contribution < 1.29 is 4.74 Å². The van der Waals surface area contributed by atoms with Crippen LogP contribution in [0.5, 0.6) is 5.75 Å². The van der Waals surface area contributed by atoms with Gasteiger partial charge >= 0.3 is 0 Å². The summed E-state index contributed by atoms with van der Waals surface area (Å²) in [5.41, 5.74) is 1.30. The van der Waals surface area contributed by atoms with Crippen LogP contribution in [0.2, 0.25) is 0 Å². The van der Waals surface area contributed by atoms with Crippen LogP contribution in [0.1, 0.15) is 38.5 Å².